The van der Waals surface area contributed by atoms with Crippen LogP contribution in [0.4, 0.5) is 4.39 Å². The van der Waals surface area contributed by atoms with E-state index in [9.17, 15) is 9.18 Å². The summed E-state index contributed by atoms with van der Waals surface area (Å²) in [4.78, 5) is 12.0. The van der Waals surface area contributed by atoms with E-state index >= 15 is 0 Å². The zero-order valence-corrected chi connectivity index (χ0v) is 11.6. The lowest BCUT2D eigenvalue weighted by Crippen LogP contribution is -2.05. The van der Waals surface area contributed by atoms with E-state index in [0.717, 1.165) is 4.47 Å². The van der Waals surface area contributed by atoms with E-state index in [0.29, 0.717) is 5.56 Å². The Morgan fingerprint density at radius 1 is 1.17 bits per heavy atom. The van der Waals surface area contributed by atoms with E-state index in [-0.39, 0.29) is 22.8 Å². The first-order valence-corrected chi connectivity index (χ1v) is 6.46. The van der Waals surface area contributed by atoms with E-state index in [2.05, 4.69) is 15.9 Å². The van der Waals surface area contributed by atoms with Crippen LogP contribution in [0.15, 0.2) is 46.9 Å². The van der Waals surface area contributed by atoms with Gasteiger partial charge in [0.15, 0.2) is 5.78 Å². The van der Waals surface area contributed by atoms with Crippen molar-refractivity contribution in [2.24, 2.45) is 0 Å². The summed E-state index contributed by atoms with van der Waals surface area (Å²) < 4.78 is 14.4. The fourth-order valence-corrected chi connectivity index (χ4v) is 2.09. The van der Waals surface area contributed by atoms with Gasteiger partial charge in [0.05, 0.1) is 0 Å². The number of ketones is 1. The predicted molar refractivity (Wildman–Crippen MR) is 73.6 cm³/mol. The SMILES string of the molecule is O=C(Cc1c(F)cccc1Cl)c1ccc(Br)cc1. The quantitative estimate of drug-likeness (QED) is 0.749. The van der Waals surface area contributed by atoms with Crippen molar-refractivity contribution in [3.63, 3.8) is 0 Å². The van der Waals surface area contributed by atoms with Crippen LogP contribution in [0.3, 0.4) is 0 Å². The molecule has 0 radical (unpaired) electrons. The molecule has 0 aromatic heterocycles. The van der Waals surface area contributed by atoms with Gasteiger partial charge in [-0.2, -0.15) is 0 Å². The lowest BCUT2D eigenvalue weighted by molar-refractivity contribution is 0.0992. The molecule has 0 unspecified atom stereocenters. The smallest absolute Gasteiger partial charge is 0.167 e. The summed E-state index contributed by atoms with van der Waals surface area (Å²) in [6.07, 6.45) is -0.0346. The van der Waals surface area contributed by atoms with E-state index in [1.165, 1.54) is 12.1 Å². The first-order valence-electron chi connectivity index (χ1n) is 5.29. The number of hydrogen-bond acceptors (Lipinski definition) is 1. The van der Waals surface area contributed by atoms with Gasteiger partial charge in [0, 0.05) is 27.0 Å². The van der Waals surface area contributed by atoms with Crippen molar-refractivity contribution in [2.45, 2.75) is 6.42 Å². The topological polar surface area (TPSA) is 17.1 Å². The number of carbonyl (C=O) groups is 1. The van der Waals surface area contributed by atoms with Gasteiger partial charge in [-0.05, 0) is 24.3 Å². The van der Waals surface area contributed by atoms with Crippen molar-refractivity contribution in [3.05, 3.63) is 68.9 Å². The molecular weight excluding hydrogens is 319 g/mol. The Kier molecular flexibility index (Phi) is 4.15. The molecule has 0 N–H and O–H groups in total. The average molecular weight is 328 g/mol. The summed E-state index contributed by atoms with van der Waals surface area (Å²) in [5.41, 5.74) is 0.782. The van der Waals surface area contributed by atoms with Gasteiger partial charge in [-0.15, -0.1) is 0 Å². The van der Waals surface area contributed by atoms with E-state index < -0.39 is 5.82 Å². The standard InChI is InChI=1S/C14H9BrClFO/c15-10-6-4-9(5-7-10)14(18)8-11-12(16)2-1-3-13(11)17/h1-7H,8H2. The third-order valence-corrected chi connectivity index (χ3v) is 3.45. The molecule has 0 saturated heterocycles. The molecule has 0 heterocycles. The molecular formula is C14H9BrClFO. The largest absolute Gasteiger partial charge is 0.294 e. The molecule has 0 atom stereocenters. The second-order valence-corrected chi connectivity index (χ2v) is 5.13. The summed E-state index contributed by atoms with van der Waals surface area (Å²) in [6, 6.07) is 11.3. The van der Waals surface area contributed by atoms with Crippen molar-refractivity contribution < 1.29 is 9.18 Å². The number of carbonyl (C=O) groups excluding carboxylic acids is 1. The summed E-state index contributed by atoms with van der Waals surface area (Å²) in [5.74, 6) is -0.609. The molecule has 0 saturated carbocycles. The average Bonchev–Trinajstić information content (AvgIpc) is 2.34. The van der Waals surface area contributed by atoms with Crippen LogP contribution in [0.25, 0.3) is 0 Å². The Hall–Kier alpha value is -1.19. The minimum Gasteiger partial charge on any atom is -0.294 e. The van der Waals surface area contributed by atoms with Crippen LogP contribution in [0.2, 0.25) is 5.02 Å². The van der Waals surface area contributed by atoms with Crippen molar-refractivity contribution in [1.29, 1.82) is 0 Å². The lowest BCUT2D eigenvalue weighted by atomic mass is 10.0. The fourth-order valence-electron chi connectivity index (χ4n) is 1.60. The summed E-state index contributed by atoms with van der Waals surface area (Å²) in [5, 5.41) is 0.278. The van der Waals surface area contributed by atoms with Crippen LogP contribution in [-0.4, -0.2) is 5.78 Å². The molecule has 0 aliphatic rings. The van der Waals surface area contributed by atoms with Gasteiger partial charge >= 0.3 is 0 Å². The maximum absolute atomic E-state index is 13.5. The summed E-state index contributed by atoms with van der Waals surface area (Å²) >= 11 is 9.18. The second-order valence-electron chi connectivity index (χ2n) is 3.81. The Morgan fingerprint density at radius 2 is 1.83 bits per heavy atom. The van der Waals surface area contributed by atoms with Gasteiger partial charge in [0.25, 0.3) is 0 Å². The van der Waals surface area contributed by atoms with E-state index in [4.69, 9.17) is 11.6 Å². The van der Waals surface area contributed by atoms with Gasteiger partial charge in [-0.1, -0.05) is 45.7 Å². The van der Waals surface area contributed by atoms with Crippen molar-refractivity contribution >= 4 is 33.3 Å². The first kappa shape index (κ1) is 13.2. The molecule has 0 spiro atoms. The van der Waals surface area contributed by atoms with E-state index in [1.807, 2.05) is 0 Å². The summed E-state index contributed by atoms with van der Waals surface area (Å²) in [6.45, 7) is 0. The van der Waals surface area contributed by atoms with Crippen molar-refractivity contribution in [2.75, 3.05) is 0 Å². The van der Waals surface area contributed by atoms with Gasteiger partial charge in [0.1, 0.15) is 5.82 Å². The minimum atomic E-state index is -0.451. The number of rotatable bonds is 3. The first-order chi connectivity index (χ1) is 8.58. The molecule has 2 aromatic carbocycles. The highest BCUT2D eigenvalue weighted by molar-refractivity contribution is 9.10. The van der Waals surface area contributed by atoms with Gasteiger partial charge in [-0.25, -0.2) is 4.39 Å². The fraction of sp³-hybridized carbons (Fsp3) is 0.0714. The Bertz CT molecular complexity index is 561. The molecule has 0 aliphatic heterocycles. The highest BCUT2D eigenvalue weighted by Gasteiger charge is 2.13. The second kappa shape index (κ2) is 5.63. The monoisotopic (exact) mass is 326 g/mol. The van der Waals surface area contributed by atoms with Gasteiger partial charge in [0.2, 0.25) is 0 Å². The Balaban J connectivity index is 2.24. The summed E-state index contributed by atoms with van der Waals surface area (Å²) in [7, 11) is 0. The van der Waals surface area contributed by atoms with Gasteiger partial charge in [-0.3, -0.25) is 4.79 Å². The van der Waals surface area contributed by atoms with Gasteiger partial charge < -0.3 is 0 Å². The molecule has 0 fully saturated rings. The van der Waals surface area contributed by atoms with Crippen LogP contribution in [0.5, 0.6) is 0 Å². The van der Waals surface area contributed by atoms with E-state index in [1.54, 1.807) is 30.3 Å². The minimum absolute atomic E-state index is 0.0346. The normalized spacial score (nSPS) is 10.4. The molecule has 1 nitrogen and oxygen atoms in total. The molecule has 0 amide bonds. The van der Waals surface area contributed by atoms with Crippen molar-refractivity contribution in [3.8, 4) is 0 Å². The van der Waals surface area contributed by atoms with Crippen LogP contribution < -0.4 is 0 Å². The van der Waals surface area contributed by atoms with Crippen LogP contribution >= 0.6 is 27.5 Å². The molecule has 92 valence electrons. The molecule has 2 aromatic rings. The molecule has 2 rings (SSSR count). The number of halogens is 3. The van der Waals surface area contributed by atoms with Crippen LogP contribution in [-0.2, 0) is 6.42 Å². The maximum Gasteiger partial charge on any atom is 0.167 e. The zero-order chi connectivity index (χ0) is 13.1. The number of benzene rings is 2. The Morgan fingerprint density at radius 3 is 2.44 bits per heavy atom. The molecule has 18 heavy (non-hydrogen) atoms. The Labute approximate surface area is 118 Å². The zero-order valence-electron chi connectivity index (χ0n) is 9.29. The third-order valence-electron chi connectivity index (χ3n) is 2.57. The predicted octanol–water partition coefficient (Wildman–Crippen LogP) is 4.67. The van der Waals surface area contributed by atoms with Crippen LogP contribution in [0.1, 0.15) is 15.9 Å². The molecule has 0 bridgehead atoms. The number of Topliss-reactive ketones (excluding diaryl/α,β-unsaturated/α-hetero) is 1. The third kappa shape index (κ3) is 2.98. The molecule has 0 aliphatic carbocycles. The van der Waals surface area contributed by atoms with Crippen molar-refractivity contribution in [1.82, 2.24) is 0 Å². The number of hydrogen-bond donors (Lipinski definition) is 0. The highest BCUT2D eigenvalue weighted by Crippen LogP contribution is 2.21. The highest BCUT2D eigenvalue weighted by atomic mass is 79.9. The maximum atomic E-state index is 13.5. The lowest BCUT2D eigenvalue weighted by Gasteiger charge is -2.05. The van der Waals surface area contributed by atoms with Crippen LogP contribution in [0, 0.1) is 5.82 Å². The molecule has 4 heteroatoms.